The molecule has 0 aliphatic heterocycles. The Balaban J connectivity index is 2.43. The highest BCUT2D eigenvalue weighted by Crippen LogP contribution is 2.45. The number of primary amides is 1. The highest BCUT2D eigenvalue weighted by molar-refractivity contribution is 7.21. The summed E-state index contributed by atoms with van der Waals surface area (Å²) >= 11 is 0.701. The predicted molar refractivity (Wildman–Crippen MR) is 77.5 cm³/mol. The van der Waals surface area contributed by atoms with E-state index in [4.69, 9.17) is 15.9 Å². The van der Waals surface area contributed by atoms with Crippen molar-refractivity contribution in [2.24, 2.45) is 5.73 Å². The van der Waals surface area contributed by atoms with E-state index in [2.05, 4.69) is 0 Å². The van der Waals surface area contributed by atoms with E-state index in [0.717, 1.165) is 6.07 Å². The largest absolute Gasteiger partial charge is 0.470 e. The van der Waals surface area contributed by atoms with Gasteiger partial charge in [-0.3, -0.25) is 4.79 Å². The van der Waals surface area contributed by atoms with Crippen molar-refractivity contribution in [3.05, 3.63) is 41.2 Å². The number of hydrogen-bond acceptors (Lipinski definition) is 4. The van der Waals surface area contributed by atoms with Gasteiger partial charge in [-0.25, -0.2) is 0 Å². The third-order valence-corrected chi connectivity index (χ3v) is 4.46. The number of amides is 1. The van der Waals surface area contributed by atoms with E-state index in [9.17, 15) is 18.0 Å². The molecule has 0 spiro atoms. The van der Waals surface area contributed by atoms with Gasteiger partial charge in [-0.15, -0.1) is 11.3 Å². The zero-order chi connectivity index (χ0) is 16.1. The van der Waals surface area contributed by atoms with Crippen LogP contribution in [0.3, 0.4) is 0 Å². The summed E-state index contributed by atoms with van der Waals surface area (Å²) in [5.74, 6) is -0.815. The monoisotopic (exact) mass is 326 g/mol. The molecular weight excluding hydrogens is 317 g/mol. The molecule has 0 bridgehead atoms. The lowest BCUT2D eigenvalue weighted by Crippen LogP contribution is -2.10. The summed E-state index contributed by atoms with van der Waals surface area (Å²) in [6.45, 7) is 0. The minimum atomic E-state index is -4.53. The first-order chi connectivity index (χ1) is 10.3. The van der Waals surface area contributed by atoms with Crippen LogP contribution in [-0.4, -0.2) is 5.91 Å². The van der Waals surface area contributed by atoms with Gasteiger partial charge in [-0.1, -0.05) is 12.1 Å². The summed E-state index contributed by atoms with van der Waals surface area (Å²) in [6, 6.07) is 3.74. The van der Waals surface area contributed by atoms with E-state index in [1.54, 1.807) is 0 Å². The van der Waals surface area contributed by atoms with E-state index in [-0.39, 0.29) is 26.2 Å². The standard InChI is InChI=1S/C14H9F3N2O2S/c15-14(16,17)8-3-1-2-6-10(7-4-21-5-9(7)18)12(13(19)20)22-11(6)8/h1-5H,18H2,(H2,19,20). The maximum Gasteiger partial charge on any atom is 0.417 e. The molecule has 3 aromatic rings. The molecule has 8 heteroatoms. The molecule has 0 radical (unpaired) electrons. The average Bonchev–Trinajstić information content (AvgIpc) is 2.99. The predicted octanol–water partition coefficient (Wildman–Crippen LogP) is 3.86. The highest BCUT2D eigenvalue weighted by atomic mass is 32.1. The number of anilines is 1. The van der Waals surface area contributed by atoms with Crippen LogP contribution in [0.15, 0.2) is 35.1 Å². The Kier molecular flexibility index (Phi) is 3.13. The van der Waals surface area contributed by atoms with Crippen LogP contribution in [0, 0.1) is 0 Å². The molecule has 0 saturated heterocycles. The topological polar surface area (TPSA) is 82.2 Å². The molecule has 4 N–H and O–H groups in total. The number of hydrogen-bond donors (Lipinski definition) is 2. The van der Waals surface area contributed by atoms with Crippen molar-refractivity contribution in [2.45, 2.75) is 6.18 Å². The fourth-order valence-electron chi connectivity index (χ4n) is 2.29. The molecule has 0 saturated carbocycles. The Morgan fingerprint density at radius 1 is 1.23 bits per heavy atom. The number of carbonyl (C=O) groups is 1. The van der Waals surface area contributed by atoms with E-state index in [1.165, 1.54) is 24.7 Å². The minimum absolute atomic E-state index is 0.0137. The number of fused-ring (bicyclic) bond motifs is 1. The second-order valence-corrected chi connectivity index (χ2v) is 5.61. The fourth-order valence-corrected chi connectivity index (χ4v) is 3.49. The SMILES string of the molecule is NC(=O)c1sc2c(C(F)(F)F)cccc2c1-c1cocc1N. The van der Waals surface area contributed by atoms with Gasteiger partial charge in [0.15, 0.2) is 0 Å². The highest BCUT2D eigenvalue weighted by Gasteiger charge is 2.34. The Morgan fingerprint density at radius 2 is 1.95 bits per heavy atom. The van der Waals surface area contributed by atoms with Crippen LogP contribution in [-0.2, 0) is 6.18 Å². The van der Waals surface area contributed by atoms with Gasteiger partial charge in [0.1, 0.15) is 17.4 Å². The zero-order valence-corrected chi connectivity index (χ0v) is 11.7. The molecule has 0 atom stereocenters. The minimum Gasteiger partial charge on any atom is -0.470 e. The number of nitrogens with two attached hydrogens (primary N) is 2. The van der Waals surface area contributed by atoms with Crippen LogP contribution >= 0.6 is 11.3 Å². The number of benzene rings is 1. The van der Waals surface area contributed by atoms with Crippen LogP contribution < -0.4 is 11.5 Å². The fraction of sp³-hybridized carbons (Fsp3) is 0.0714. The average molecular weight is 326 g/mol. The Labute approximate surface area is 126 Å². The van der Waals surface area contributed by atoms with Gasteiger partial charge in [0.25, 0.3) is 5.91 Å². The van der Waals surface area contributed by atoms with Crippen molar-refractivity contribution in [3.63, 3.8) is 0 Å². The second kappa shape index (κ2) is 4.77. The van der Waals surface area contributed by atoms with Crippen molar-refractivity contribution in [3.8, 4) is 11.1 Å². The Morgan fingerprint density at radius 3 is 2.50 bits per heavy atom. The van der Waals surface area contributed by atoms with Crippen molar-refractivity contribution in [2.75, 3.05) is 5.73 Å². The van der Waals surface area contributed by atoms with Gasteiger partial charge >= 0.3 is 6.18 Å². The summed E-state index contributed by atoms with van der Waals surface area (Å²) in [5.41, 5.74) is 11.1. The summed E-state index contributed by atoms with van der Waals surface area (Å²) < 4.78 is 44.3. The van der Waals surface area contributed by atoms with Crippen LogP contribution in [0.2, 0.25) is 0 Å². The molecular formula is C14H9F3N2O2S. The summed E-state index contributed by atoms with van der Waals surface area (Å²) in [7, 11) is 0. The molecule has 3 rings (SSSR count). The van der Waals surface area contributed by atoms with Gasteiger partial charge in [0.05, 0.1) is 11.3 Å². The molecule has 1 aromatic carbocycles. The van der Waals surface area contributed by atoms with Crippen LogP contribution in [0.25, 0.3) is 21.2 Å². The quantitative estimate of drug-likeness (QED) is 0.750. The van der Waals surface area contributed by atoms with Crippen LogP contribution in [0.4, 0.5) is 18.9 Å². The number of nitrogen functional groups attached to an aromatic ring is 1. The third kappa shape index (κ3) is 2.12. The number of halogens is 3. The van der Waals surface area contributed by atoms with Crippen molar-refractivity contribution < 1.29 is 22.4 Å². The molecule has 0 aliphatic carbocycles. The normalized spacial score (nSPS) is 12.0. The molecule has 1 amide bonds. The van der Waals surface area contributed by atoms with Crippen LogP contribution in [0.1, 0.15) is 15.2 Å². The number of rotatable bonds is 2. The summed E-state index contributed by atoms with van der Waals surface area (Å²) in [5, 5.41) is 0.265. The molecule has 0 unspecified atom stereocenters. The van der Waals surface area contributed by atoms with Gasteiger partial charge in [0.2, 0.25) is 0 Å². The lowest BCUT2D eigenvalue weighted by atomic mass is 10.0. The maximum atomic E-state index is 13.1. The van der Waals surface area contributed by atoms with E-state index in [1.807, 2.05) is 0 Å². The third-order valence-electron chi connectivity index (χ3n) is 3.21. The first kappa shape index (κ1) is 14.5. The van der Waals surface area contributed by atoms with E-state index in [0.29, 0.717) is 16.9 Å². The number of alkyl halides is 3. The van der Waals surface area contributed by atoms with Crippen molar-refractivity contribution >= 4 is 33.0 Å². The Hall–Kier alpha value is -2.48. The molecule has 2 aromatic heterocycles. The maximum absolute atomic E-state index is 13.1. The van der Waals surface area contributed by atoms with Gasteiger partial charge in [-0.05, 0) is 6.07 Å². The number of carbonyl (C=O) groups excluding carboxylic acids is 1. The summed E-state index contributed by atoms with van der Waals surface area (Å²) in [6.07, 6.45) is -2.00. The summed E-state index contributed by atoms with van der Waals surface area (Å²) in [4.78, 5) is 11.7. The first-order valence-electron chi connectivity index (χ1n) is 6.05. The van der Waals surface area contributed by atoms with Gasteiger partial charge in [0, 0.05) is 21.2 Å². The van der Waals surface area contributed by atoms with Crippen LogP contribution in [0.5, 0.6) is 0 Å². The Bertz CT molecular complexity index is 880. The first-order valence-corrected chi connectivity index (χ1v) is 6.87. The number of thiophene rings is 1. The molecule has 0 aliphatic rings. The van der Waals surface area contributed by atoms with E-state index >= 15 is 0 Å². The lowest BCUT2D eigenvalue weighted by molar-refractivity contribution is -0.136. The van der Waals surface area contributed by atoms with E-state index < -0.39 is 17.6 Å². The van der Waals surface area contributed by atoms with Crippen molar-refractivity contribution in [1.29, 1.82) is 0 Å². The van der Waals surface area contributed by atoms with Crippen molar-refractivity contribution in [1.82, 2.24) is 0 Å². The molecule has 2 heterocycles. The molecule has 114 valence electrons. The molecule has 0 fully saturated rings. The van der Waals surface area contributed by atoms with Gasteiger partial charge in [-0.2, -0.15) is 13.2 Å². The smallest absolute Gasteiger partial charge is 0.417 e. The lowest BCUT2D eigenvalue weighted by Gasteiger charge is -2.07. The van der Waals surface area contributed by atoms with Gasteiger partial charge < -0.3 is 15.9 Å². The molecule has 22 heavy (non-hydrogen) atoms. The second-order valence-electron chi connectivity index (χ2n) is 4.59. The number of furan rings is 1. The molecule has 4 nitrogen and oxygen atoms in total. The zero-order valence-electron chi connectivity index (χ0n) is 10.9.